The van der Waals surface area contributed by atoms with E-state index in [9.17, 15) is 9.90 Å². The van der Waals surface area contributed by atoms with E-state index in [0.717, 1.165) is 16.4 Å². The van der Waals surface area contributed by atoms with Crippen molar-refractivity contribution in [1.29, 1.82) is 0 Å². The molecule has 0 bridgehead atoms. The molecule has 7 heteroatoms. The fourth-order valence-electron chi connectivity index (χ4n) is 2.47. The van der Waals surface area contributed by atoms with Crippen LogP contribution in [-0.2, 0) is 13.7 Å². The largest absolute Gasteiger partial charge is 0.388 e. The zero-order chi connectivity index (χ0) is 18.5. The number of amides is 1. The number of carbonyl (C=O) groups excluding carboxylic acids is 1. The van der Waals surface area contributed by atoms with Crippen LogP contribution in [-0.4, -0.2) is 25.8 Å². The first-order valence-electron chi connectivity index (χ1n) is 8.20. The number of rotatable bonds is 6. The van der Waals surface area contributed by atoms with Gasteiger partial charge in [0.15, 0.2) is 11.0 Å². The van der Waals surface area contributed by atoms with Crippen molar-refractivity contribution in [3.8, 4) is 0 Å². The molecule has 3 rings (SSSR count). The standard InChI is InChI=1S/C19H20N4O2S/c1-13(26-19-22-21-17(12-24)23(19)2)15-9-6-10-16(11-15)20-18(25)14-7-4-3-5-8-14/h3-11,13,24H,12H2,1-2H3,(H,20,25). The molecular formula is C19H20N4O2S. The molecule has 0 aliphatic carbocycles. The van der Waals surface area contributed by atoms with Gasteiger partial charge in [-0.3, -0.25) is 4.79 Å². The quantitative estimate of drug-likeness (QED) is 0.652. The molecule has 2 aromatic carbocycles. The van der Waals surface area contributed by atoms with Crippen molar-refractivity contribution in [2.75, 3.05) is 5.32 Å². The summed E-state index contributed by atoms with van der Waals surface area (Å²) in [6, 6.07) is 16.9. The third-order valence-corrected chi connectivity index (χ3v) is 5.19. The fourth-order valence-corrected chi connectivity index (χ4v) is 3.42. The van der Waals surface area contributed by atoms with Crippen LogP contribution in [0.4, 0.5) is 5.69 Å². The summed E-state index contributed by atoms with van der Waals surface area (Å²) in [6.45, 7) is 1.93. The number of nitrogens with one attached hydrogen (secondary N) is 1. The minimum absolute atomic E-state index is 0.109. The molecule has 0 radical (unpaired) electrons. The molecule has 3 aromatic rings. The van der Waals surface area contributed by atoms with E-state index in [-0.39, 0.29) is 17.8 Å². The highest BCUT2D eigenvalue weighted by atomic mass is 32.2. The van der Waals surface area contributed by atoms with Gasteiger partial charge in [-0.05, 0) is 36.8 Å². The summed E-state index contributed by atoms with van der Waals surface area (Å²) in [5.41, 5.74) is 2.43. The third kappa shape index (κ3) is 4.12. The van der Waals surface area contributed by atoms with Crippen molar-refractivity contribution < 1.29 is 9.90 Å². The summed E-state index contributed by atoms with van der Waals surface area (Å²) in [4.78, 5) is 12.3. The zero-order valence-electron chi connectivity index (χ0n) is 14.6. The Hall–Kier alpha value is -2.64. The van der Waals surface area contributed by atoms with Crippen molar-refractivity contribution in [2.45, 2.75) is 23.9 Å². The lowest BCUT2D eigenvalue weighted by atomic mass is 10.1. The van der Waals surface area contributed by atoms with E-state index in [4.69, 9.17) is 0 Å². The van der Waals surface area contributed by atoms with Gasteiger partial charge >= 0.3 is 0 Å². The highest BCUT2D eigenvalue weighted by Crippen LogP contribution is 2.34. The number of thioether (sulfide) groups is 1. The Kier molecular flexibility index (Phi) is 5.70. The second kappa shape index (κ2) is 8.16. The summed E-state index contributed by atoms with van der Waals surface area (Å²) in [7, 11) is 1.83. The van der Waals surface area contributed by atoms with Crippen LogP contribution < -0.4 is 5.32 Å². The van der Waals surface area contributed by atoms with Crippen LogP contribution in [0.15, 0.2) is 59.8 Å². The van der Waals surface area contributed by atoms with Crippen LogP contribution in [0.2, 0.25) is 0 Å². The SMILES string of the molecule is CC(Sc1nnc(CO)n1C)c1cccc(NC(=O)c2ccccc2)c1. The molecule has 0 spiro atoms. The van der Waals surface area contributed by atoms with Crippen molar-refractivity contribution in [3.05, 3.63) is 71.5 Å². The summed E-state index contributed by atoms with van der Waals surface area (Å²) in [5.74, 6) is 0.396. The molecule has 134 valence electrons. The molecule has 1 atom stereocenters. The van der Waals surface area contributed by atoms with Gasteiger partial charge in [0.1, 0.15) is 6.61 Å². The smallest absolute Gasteiger partial charge is 0.255 e. The number of hydrogen-bond donors (Lipinski definition) is 2. The van der Waals surface area contributed by atoms with Gasteiger partial charge in [0.05, 0.1) is 0 Å². The summed E-state index contributed by atoms with van der Waals surface area (Å²) in [5, 5.41) is 21.1. The first kappa shape index (κ1) is 18.2. The molecule has 0 saturated carbocycles. The summed E-state index contributed by atoms with van der Waals surface area (Å²) >= 11 is 1.55. The van der Waals surface area contributed by atoms with Gasteiger partial charge in [-0.25, -0.2) is 0 Å². The second-order valence-corrected chi connectivity index (χ2v) is 7.13. The molecule has 1 heterocycles. The fraction of sp³-hybridized carbons (Fsp3) is 0.211. The average molecular weight is 368 g/mol. The topological polar surface area (TPSA) is 80.0 Å². The molecule has 0 aliphatic heterocycles. The van der Waals surface area contributed by atoms with Gasteiger partial charge in [0.2, 0.25) is 0 Å². The Morgan fingerprint density at radius 3 is 2.65 bits per heavy atom. The number of nitrogens with zero attached hydrogens (tertiary/aromatic N) is 3. The van der Waals surface area contributed by atoms with Gasteiger partial charge in [-0.15, -0.1) is 10.2 Å². The predicted molar refractivity (Wildman–Crippen MR) is 102 cm³/mol. The molecule has 2 N–H and O–H groups in total. The van der Waals surface area contributed by atoms with Gasteiger partial charge < -0.3 is 15.0 Å². The lowest BCUT2D eigenvalue weighted by molar-refractivity contribution is 0.102. The van der Waals surface area contributed by atoms with Gasteiger partial charge in [0.25, 0.3) is 5.91 Å². The van der Waals surface area contributed by atoms with Crippen LogP contribution in [0.25, 0.3) is 0 Å². The third-order valence-electron chi connectivity index (χ3n) is 4.00. The maximum Gasteiger partial charge on any atom is 0.255 e. The normalized spacial score (nSPS) is 12.0. The van der Waals surface area contributed by atoms with Gasteiger partial charge in [-0.2, -0.15) is 0 Å². The molecule has 1 unspecified atom stereocenters. The van der Waals surface area contributed by atoms with Crippen molar-refractivity contribution in [2.24, 2.45) is 7.05 Å². The van der Waals surface area contributed by atoms with Crippen molar-refractivity contribution >= 4 is 23.4 Å². The van der Waals surface area contributed by atoms with E-state index in [1.54, 1.807) is 28.5 Å². The van der Waals surface area contributed by atoms with Crippen molar-refractivity contribution in [1.82, 2.24) is 14.8 Å². The van der Waals surface area contributed by atoms with E-state index < -0.39 is 0 Å². The number of hydrogen-bond acceptors (Lipinski definition) is 5. The highest BCUT2D eigenvalue weighted by Gasteiger charge is 2.15. The Morgan fingerprint density at radius 2 is 1.96 bits per heavy atom. The molecule has 0 saturated heterocycles. The number of aliphatic hydroxyl groups is 1. The van der Waals surface area contributed by atoms with Crippen LogP contribution >= 0.6 is 11.8 Å². The van der Waals surface area contributed by atoms with Crippen LogP contribution in [0.5, 0.6) is 0 Å². The molecule has 6 nitrogen and oxygen atoms in total. The van der Waals surface area contributed by atoms with Gasteiger partial charge in [-0.1, -0.05) is 42.1 Å². The number of aliphatic hydroxyl groups excluding tert-OH is 1. The number of carbonyl (C=O) groups is 1. The second-order valence-electron chi connectivity index (χ2n) is 5.82. The minimum Gasteiger partial charge on any atom is -0.388 e. The predicted octanol–water partition coefficient (Wildman–Crippen LogP) is 3.41. The maximum absolute atomic E-state index is 12.3. The van der Waals surface area contributed by atoms with Crippen LogP contribution in [0, 0.1) is 0 Å². The van der Waals surface area contributed by atoms with E-state index in [0.29, 0.717) is 11.4 Å². The molecule has 1 aromatic heterocycles. The lowest BCUT2D eigenvalue weighted by Gasteiger charge is -2.13. The Morgan fingerprint density at radius 1 is 1.19 bits per heavy atom. The lowest BCUT2D eigenvalue weighted by Crippen LogP contribution is -2.11. The maximum atomic E-state index is 12.3. The first-order chi connectivity index (χ1) is 12.6. The monoisotopic (exact) mass is 368 g/mol. The van der Waals surface area contributed by atoms with E-state index in [2.05, 4.69) is 22.4 Å². The number of benzene rings is 2. The number of anilines is 1. The Bertz CT molecular complexity index is 896. The number of aromatic nitrogens is 3. The van der Waals surface area contributed by atoms with Crippen LogP contribution in [0.1, 0.15) is 33.9 Å². The van der Waals surface area contributed by atoms with Crippen LogP contribution in [0.3, 0.4) is 0 Å². The van der Waals surface area contributed by atoms with Gasteiger partial charge in [0, 0.05) is 23.5 Å². The molecule has 0 aliphatic rings. The average Bonchev–Trinajstić information content (AvgIpc) is 3.02. The Labute approximate surface area is 156 Å². The molecule has 26 heavy (non-hydrogen) atoms. The molecule has 1 amide bonds. The summed E-state index contributed by atoms with van der Waals surface area (Å²) < 4.78 is 1.78. The minimum atomic E-state index is -0.139. The van der Waals surface area contributed by atoms with E-state index in [1.807, 2.05) is 49.5 Å². The first-order valence-corrected chi connectivity index (χ1v) is 9.08. The summed E-state index contributed by atoms with van der Waals surface area (Å²) in [6.07, 6.45) is 0. The van der Waals surface area contributed by atoms with E-state index >= 15 is 0 Å². The highest BCUT2D eigenvalue weighted by molar-refractivity contribution is 7.99. The van der Waals surface area contributed by atoms with Crippen molar-refractivity contribution in [3.63, 3.8) is 0 Å². The van der Waals surface area contributed by atoms with E-state index in [1.165, 1.54) is 0 Å². The molecular weight excluding hydrogens is 348 g/mol. The molecule has 0 fully saturated rings. The Balaban J connectivity index is 1.72. The zero-order valence-corrected chi connectivity index (χ0v) is 15.4.